The molecule has 5 heteroatoms. The van der Waals surface area contributed by atoms with Crippen LogP contribution in [-0.4, -0.2) is 25.7 Å². The number of para-hydroxylation sites is 1. The van der Waals surface area contributed by atoms with Crippen molar-refractivity contribution in [3.8, 4) is 17.6 Å². The molecule has 5 nitrogen and oxygen atoms in total. The predicted octanol–water partition coefficient (Wildman–Crippen LogP) is 2.72. The van der Waals surface area contributed by atoms with Crippen LogP contribution < -0.4 is 14.8 Å². The third-order valence-corrected chi connectivity index (χ3v) is 3.24. The molecule has 0 fully saturated rings. The van der Waals surface area contributed by atoms with Crippen LogP contribution in [0.25, 0.3) is 0 Å². The van der Waals surface area contributed by atoms with Gasteiger partial charge in [-0.1, -0.05) is 30.3 Å². The highest BCUT2D eigenvalue weighted by atomic mass is 16.5. The number of hydrogen-bond acceptors (Lipinski definition) is 4. The summed E-state index contributed by atoms with van der Waals surface area (Å²) in [5.41, 5.74) is 1.06. The first-order valence-corrected chi connectivity index (χ1v) is 7.81. The molecule has 0 bridgehead atoms. The van der Waals surface area contributed by atoms with Crippen molar-refractivity contribution in [3.63, 3.8) is 0 Å². The van der Waals surface area contributed by atoms with Gasteiger partial charge in [-0.2, -0.15) is 5.26 Å². The second-order valence-electron chi connectivity index (χ2n) is 5.09. The Balaban J connectivity index is 1.70. The van der Waals surface area contributed by atoms with Crippen molar-refractivity contribution in [1.82, 2.24) is 5.32 Å². The van der Waals surface area contributed by atoms with E-state index in [2.05, 4.69) is 5.32 Å². The normalized spacial score (nSPS) is 9.79. The molecule has 0 saturated carbocycles. The number of ether oxygens (including phenoxy) is 2. The Kier molecular flexibility index (Phi) is 7.16. The van der Waals surface area contributed by atoms with Gasteiger partial charge >= 0.3 is 0 Å². The Bertz CT molecular complexity index is 681. The highest BCUT2D eigenvalue weighted by molar-refractivity contribution is 5.77. The summed E-state index contributed by atoms with van der Waals surface area (Å²) in [5.74, 6) is 1.35. The Hall–Kier alpha value is -3.00. The van der Waals surface area contributed by atoms with Crippen molar-refractivity contribution >= 4 is 5.91 Å². The van der Waals surface area contributed by atoms with Crippen molar-refractivity contribution < 1.29 is 14.3 Å². The maximum absolute atomic E-state index is 11.2. The highest BCUT2D eigenvalue weighted by Gasteiger charge is 2.01. The zero-order valence-electron chi connectivity index (χ0n) is 13.4. The van der Waals surface area contributed by atoms with E-state index in [1.807, 2.05) is 60.7 Å². The molecular formula is C19H20N2O3. The Morgan fingerprint density at radius 2 is 1.71 bits per heavy atom. The molecule has 0 aromatic heterocycles. The van der Waals surface area contributed by atoms with Gasteiger partial charge in [0.15, 0.2) is 0 Å². The average molecular weight is 324 g/mol. The van der Waals surface area contributed by atoms with Gasteiger partial charge in [0.1, 0.15) is 31.1 Å². The van der Waals surface area contributed by atoms with E-state index in [0.717, 1.165) is 17.1 Å². The monoisotopic (exact) mass is 324 g/mol. The fourth-order valence-corrected chi connectivity index (χ4v) is 2.11. The molecule has 124 valence electrons. The molecule has 0 aliphatic rings. The molecule has 2 rings (SSSR count). The average Bonchev–Trinajstić information content (AvgIpc) is 2.60. The molecule has 1 N–H and O–H groups in total. The lowest BCUT2D eigenvalue weighted by Crippen LogP contribution is -2.24. The predicted molar refractivity (Wildman–Crippen MR) is 90.8 cm³/mol. The Morgan fingerprint density at radius 3 is 2.46 bits per heavy atom. The lowest BCUT2D eigenvalue weighted by Gasteiger charge is -2.10. The molecule has 2 aromatic rings. The Labute approximate surface area is 141 Å². The smallest absolute Gasteiger partial charge is 0.234 e. The number of amides is 1. The number of nitrogens with one attached hydrogen (secondary N) is 1. The zero-order chi connectivity index (χ0) is 17.0. The fourth-order valence-electron chi connectivity index (χ4n) is 2.11. The molecular weight excluding hydrogens is 304 g/mol. The van der Waals surface area contributed by atoms with Gasteiger partial charge in [0.25, 0.3) is 0 Å². The molecule has 0 atom stereocenters. The quantitative estimate of drug-likeness (QED) is 0.720. The standard InChI is InChI=1S/C19H20N2O3/c20-11-9-19(22)21-12-10-16-5-4-8-18(15-16)24-14-13-23-17-6-2-1-3-7-17/h1-8,15H,9-10,12-14H2,(H,21,22). The number of benzene rings is 2. The summed E-state index contributed by atoms with van der Waals surface area (Å²) in [4.78, 5) is 11.2. The van der Waals surface area contributed by atoms with E-state index in [9.17, 15) is 4.79 Å². The molecule has 2 aromatic carbocycles. The van der Waals surface area contributed by atoms with E-state index in [4.69, 9.17) is 14.7 Å². The van der Waals surface area contributed by atoms with E-state index < -0.39 is 0 Å². The van der Waals surface area contributed by atoms with Gasteiger partial charge in [-0.3, -0.25) is 4.79 Å². The second-order valence-corrected chi connectivity index (χ2v) is 5.09. The molecule has 24 heavy (non-hydrogen) atoms. The van der Waals surface area contributed by atoms with Crippen LogP contribution in [-0.2, 0) is 11.2 Å². The van der Waals surface area contributed by atoms with Gasteiger partial charge in [-0.05, 0) is 36.2 Å². The lowest BCUT2D eigenvalue weighted by molar-refractivity contribution is -0.120. The lowest BCUT2D eigenvalue weighted by atomic mass is 10.1. The van der Waals surface area contributed by atoms with E-state index in [1.54, 1.807) is 0 Å². The third-order valence-electron chi connectivity index (χ3n) is 3.24. The SMILES string of the molecule is N#CCC(=O)NCCc1cccc(OCCOc2ccccc2)c1. The summed E-state index contributed by atoms with van der Waals surface area (Å²) in [6.45, 7) is 1.43. The summed E-state index contributed by atoms with van der Waals surface area (Å²) in [6, 6.07) is 19.1. The summed E-state index contributed by atoms with van der Waals surface area (Å²) < 4.78 is 11.3. The number of nitrogens with zero attached hydrogens (tertiary/aromatic N) is 1. The van der Waals surface area contributed by atoms with Crippen LogP contribution in [0.5, 0.6) is 11.5 Å². The topological polar surface area (TPSA) is 71.4 Å². The van der Waals surface area contributed by atoms with E-state index >= 15 is 0 Å². The first kappa shape index (κ1) is 17.4. The van der Waals surface area contributed by atoms with Crippen LogP contribution in [0.1, 0.15) is 12.0 Å². The van der Waals surface area contributed by atoms with Gasteiger partial charge < -0.3 is 14.8 Å². The Morgan fingerprint density at radius 1 is 1.00 bits per heavy atom. The molecule has 0 unspecified atom stereocenters. The van der Waals surface area contributed by atoms with E-state index in [0.29, 0.717) is 26.2 Å². The maximum atomic E-state index is 11.2. The minimum absolute atomic E-state index is 0.107. The number of rotatable bonds is 9. The van der Waals surface area contributed by atoms with Crippen LogP contribution in [0.4, 0.5) is 0 Å². The third kappa shape index (κ3) is 6.41. The molecule has 1 amide bonds. The molecule has 0 saturated heterocycles. The van der Waals surface area contributed by atoms with Gasteiger partial charge in [-0.25, -0.2) is 0 Å². The van der Waals surface area contributed by atoms with Gasteiger partial charge in [-0.15, -0.1) is 0 Å². The minimum Gasteiger partial charge on any atom is -0.490 e. The molecule has 0 heterocycles. The molecule has 0 radical (unpaired) electrons. The highest BCUT2D eigenvalue weighted by Crippen LogP contribution is 2.14. The van der Waals surface area contributed by atoms with Crippen molar-refractivity contribution in [2.45, 2.75) is 12.8 Å². The number of carbonyl (C=O) groups excluding carboxylic acids is 1. The van der Waals surface area contributed by atoms with Gasteiger partial charge in [0.2, 0.25) is 5.91 Å². The zero-order valence-corrected chi connectivity index (χ0v) is 13.4. The van der Waals surface area contributed by atoms with Crippen LogP contribution in [0, 0.1) is 11.3 Å². The van der Waals surface area contributed by atoms with E-state index in [1.165, 1.54) is 0 Å². The van der Waals surface area contributed by atoms with Crippen molar-refractivity contribution in [1.29, 1.82) is 5.26 Å². The summed E-state index contributed by atoms with van der Waals surface area (Å²) in [6.07, 6.45) is 0.583. The molecule has 0 aliphatic heterocycles. The largest absolute Gasteiger partial charge is 0.490 e. The first-order valence-electron chi connectivity index (χ1n) is 7.81. The van der Waals surface area contributed by atoms with E-state index in [-0.39, 0.29) is 12.3 Å². The summed E-state index contributed by atoms with van der Waals surface area (Å²) in [5, 5.41) is 11.1. The van der Waals surface area contributed by atoms with Crippen LogP contribution >= 0.6 is 0 Å². The van der Waals surface area contributed by atoms with Gasteiger partial charge in [0.05, 0.1) is 6.07 Å². The maximum Gasteiger partial charge on any atom is 0.234 e. The first-order chi connectivity index (χ1) is 11.8. The number of carbonyl (C=O) groups is 1. The molecule has 0 spiro atoms. The second kappa shape index (κ2) is 9.90. The molecule has 0 aliphatic carbocycles. The number of nitriles is 1. The fraction of sp³-hybridized carbons (Fsp3) is 0.263. The van der Waals surface area contributed by atoms with Crippen molar-refractivity contribution in [2.75, 3.05) is 19.8 Å². The van der Waals surface area contributed by atoms with Crippen LogP contribution in [0.3, 0.4) is 0 Å². The van der Waals surface area contributed by atoms with Crippen molar-refractivity contribution in [2.24, 2.45) is 0 Å². The summed E-state index contributed by atoms with van der Waals surface area (Å²) in [7, 11) is 0. The summed E-state index contributed by atoms with van der Waals surface area (Å²) >= 11 is 0. The van der Waals surface area contributed by atoms with Crippen LogP contribution in [0.15, 0.2) is 54.6 Å². The number of hydrogen-bond donors (Lipinski definition) is 1. The van der Waals surface area contributed by atoms with Crippen LogP contribution in [0.2, 0.25) is 0 Å². The minimum atomic E-state index is -0.247. The van der Waals surface area contributed by atoms with Gasteiger partial charge in [0, 0.05) is 6.54 Å². The van der Waals surface area contributed by atoms with Crippen molar-refractivity contribution in [3.05, 3.63) is 60.2 Å².